The highest BCUT2D eigenvalue weighted by atomic mass is 32.1. The van der Waals surface area contributed by atoms with Crippen LogP contribution in [0.4, 0.5) is 0 Å². The molecule has 0 atom stereocenters. The summed E-state index contributed by atoms with van der Waals surface area (Å²) in [6.45, 7) is 1.80. The molecule has 2 heterocycles. The van der Waals surface area contributed by atoms with E-state index < -0.39 is 17.9 Å². The second kappa shape index (κ2) is 7.85. The summed E-state index contributed by atoms with van der Waals surface area (Å²) in [4.78, 5) is 27.4. The molecule has 5 nitrogen and oxygen atoms in total. The van der Waals surface area contributed by atoms with Crippen molar-refractivity contribution in [1.29, 1.82) is 0 Å². The SMILES string of the molecule is Cc1ccc(C=C2C(=O)NC(=S)N(C(c3ccccc3)c3ccccc3)C2=O)o1. The molecule has 29 heavy (non-hydrogen) atoms. The molecule has 3 aromatic rings. The maximum atomic E-state index is 13.4. The lowest BCUT2D eigenvalue weighted by atomic mass is 9.95. The normalized spacial score (nSPS) is 15.9. The van der Waals surface area contributed by atoms with Crippen LogP contribution in [-0.4, -0.2) is 21.8 Å². The van der Waals surface area contributed by atoms with E-state index in [9.17, 15) is 9.59 Å². The van der Waals surface area contributed by atoms with Crippen LogP contribution in [-0.2, 0) is 9.59 Å². The van der Waals surface area contributed by atoms with E-state index in [0.717, 1.165) is 11.1 Å². The maximum absolute atomic E-state index is 13.4. The largest absolute Gasteiger partial charge is 0.462 e. The van der Waals surface area contributed by atoms with Gasteiger partial charge in [-0.2, -0.15) is 0 Å². The van der Waals surface area contributed by atoms with Gasteiger partial charge < -0.3 is 4.42 Å². The quantitative estimate of drug-likeness (QED) is 0.407. The fourth-order valence-corrected chi connectivity index (χ4v) is 3.62. The molecule has 0 spiro atoms. The summed E-state index contributed by atoms with van der Waals surface area (Å²) in [5.74, 6) is 0.125. The third-order valence-corrected chi connectivity index (χ3v) is 4.97. The fraction of sp³-hybridized carbons (Fsp3) is 0.0870. The van der Waals surface area contributed by atoms with Crippen LogP contribution >= 0.6 is 12.2 Å². The van der Waals surface area contributed by atoms with E-state index in [0.29, 0.717) is 11.5 Å². The molecule has 6 heteroatoms. The standard InChI is InChI=1S/C23H18N2O3S/c1-15-12-13-18(28-15)14-19-21(26)24-23(29)25(22(19)27)20(16-8-4-2-5-9-16)17-10-6-3-7-11-17/h2-14,20H,1H3,(H,24,26,29). The molecule has 1 saturated heterocycles. The number of rotatable bonds is 4. The molecule has 0 radical (unpaired) electrons. The Labute approximate surface area is 173 Å². The van der Waals surface area contributed by atoms with Gasteiger partial charge in [-0.05, 0) is 48.5 Å². The van der Waals surface area contributed by atoms with Gasteiger partial charge in [0.15, 0.2) is 5.11 Å². The van der Waals surface area contributed by atoms with Crippen LogP contribution in [0.2, 0.25) is 0 Å². The van der Waals surface area contributed by atoms with E-state index in [1.165, 1.54) is 11.0 Å². The predicted molar refractivity (Wildman–Crippen MR) is 114 cm³/mol. The number of hydrogen-bond donors (Lipinski definition) is 1. The molecule has 0 saturated carbocycles. The van der Waals surface area contributed by atoms with Gasteiger partial charge in [0.25, 0.3) is 11.8 Å². The Hall–Kier alpha value is -3.51. The van der Waals surface area contributed by atoms with Crippen LogP contribution in [0.5, 0.6) is 0 Å². The van der Waals surface area contributed by atoms with Gasteiger partial charge in [-0.3, -0.25) is 19.8 Å². The van der Waals surface area contributed by atoms with Gasteiger partial charge in [0, 0.05) is 0 Å². The van der Waals surface area contributed by atoms with Gasteiger partial charge in [-0.1, -0.05) is 60.7 Å². The minimum Gasteiger partial charge on any atom is -0.462 e. The van der Waals surface area contributed by atoms with Crippen molar-refractivity contribution in [2.24, 2.45) is 0 Å². The number of nitrogens with zero attached hydrogens (tertiary/aromatic N) is 1. The van der Waals surface area contributed by atoms with Crippen molar-refractivity contribution >= 4 is 35.2 Å². The zero-order chi connectivity index (χ0) is 20.4. The first-order chi connectivity index (χ1) is 14.0. The van der Waals surface area contributed by atoms with Gasteiger partial charge in [0.2, 0.25) is 0 Å². The van der Waals surface area contributed by atoms with E-state index in [-0.39, 0.29) is 10.7 Å². The first-order valence-electron chi connectivity index (χ1n) is 9.11. The average molecular weight is 402 g/mol. The lowest BCUT2D eigenvalue weighted by Crippen LogP contribution is -2.55. The van der Waals surface area contributed by atoms with E-state index in [1.807, 2.05) is 60.7 Å². The first-order valence-corrected chi connectivity index (χ1v) is 9.52. The van der Waals surface area contributed by atoms with Crippen molar-refractivity contribution in [3.8, 4) is 0 Å². The number of carbonyl (C=O) groups is 2. The molecule has 1 N–H and O–H groups in total. The Morgan fingerprint density at radius 3 is 2.03 bits per heavy atom. The number of furan rings is 1. The Morgan fingerprint density at radius 2 is 1.52 bits per heavy atom. The smallest absolute Gasteiger partial charge is 0.266 e. The molecule has 0 bridgehead atoms. The van der Waals surface area contributed by atoms with E-state index in [2.05, 4.69) is 5.32 Å². The lowest BCUT2D eigenvalue weighted by molar-refractivity contribution is -0.129. The van der Waals surface area contributed by atoms with E-state index >= 15 is 0 Å². The molecule has 2 amide bonds. The molecule has 0 unspecified atom stereocenters. The summed E-state index contributed by atoms with van der Waals surface area (Å²) in [7, 11) is 0. The maximum Gasteiger partial charge on any atom is 0.266 e. The van der Waals surface area contributed by atoms with Crippen molar-refractivity contribution in [3.63, 3.8) is 0 Å². The average Bonchev–Trinajstić information content (AvgIpc) is 3.14. The predicted octanol–water partition coefficient (Wildman–Crippen LogP) is 4.00. The summed E-state index contributed by atoms with van der Waals surface area (Å²) < 4.78 is 5.51. The highest BCUT2D eigenvalue weighted by Gasteiger charge is 2.39. The Kier molecular flexibility index (Phi) is 5.10. The van der Waals surface area contributed by atoms with Crippen LogP contribution < -0.4 is 5.32 Å². The summed E-state index contributed by atoms with van der Waals surface area (Å²) in [6.07, 6.45) is 1.45. The summed E-state index contributed by atoms with van der Waals surface area (Å²) in [6, 6.07) is 22.2. The molecule has 1 aliphatic heterocycles. The third-order valence-electron chi connectivity index (χ3n) is 4.67. The van der Waals surface area contributed by atoms with Gasteiger partial charge in [0.1, 0.15) is 17.1 Å². The van der Waals surface area contributed by atoms with E-state index in [1.54, 1.807) is 19.1 Å². The topological polar surface area (TPSA) is 62.6 Å². The number of nitrogens with one attached hydrogen (secondary N) is 1. The molecule has 4 rings (SSSR count). The van der Waals surface area contributed by atoms with Crippen LogP contribution in [0.25, 0.3) is 6.08 Å². The second-order valence-corrected chi connectivity index (χ2v) is 7.05. The lowest BCUT2D eigenvalue weighted by Gasteiger charge is -2.36. The van der Waals surface area contributed by atoms with Gasteiger partial charge in [0.05, 0.1) is 6.04 Å². The monoisotopic (exact) mass is 402 g/mol. The molecule has 2 aromatic carbocycles. The number of thiocarbonyl (C=S) groups is 1. The number of amides is 2. The summed E-state index contributed by atoms with van der Waals surface area (Å²) in [5.41, 5.74) is 1.75. The highest BCUT2D eigenvalue weighted by molar-refractivity contribution is 7.80. The first kappa shape index (κ1) is 18.8. The summed E-state index contributed by atoms with van der Waals surface area (Å²) >= 11 is 5.40. The fourth-order valence-electron chi connectivity index (χ4n) is 3.34. The van der Waals surface area contributed by atoms with Gasteiger partial charge >= 0.3 is 0 Å². The number of aryl methyl sites for hydroxylation is 1. The minimum absolute atomic E-state index is 0.0233. The van der Waals surface area contributed by atoms with E-state index in [4.69, 9.17) is 16.6 Å². The van der Waals surface area contributed by atoms with Crippen LogP contribution in [0, 0.1) is 6.92 Å². The molecule has 1 aliphatic rings. The van der Waals surface area contributed by atoms with Crippen molar-refractivity contribution in [2.45, 2.75) is 13.0 Å². The van der Waals surface area contributed by atoms with Crippen molar-refractivity contribution in [3.05, 3.63) is 101 Å². The molecule has 1 fully saturated rings. The molecule has 1 aromatic heterocycles. The van der Waals surface area contributed by atoms with Crippen LogP contribution in [0.1, 0.15) is 28.7 Å². The molecular formula is C23H18N2O3S. The van der Waals surface area contributed by atoms with Crippen molar-refractivity contribution in [1.82, 2.24) is 10.2 Å². The molecule has 0 aliphatic carbocycles. The number of carbonyl (C=O) groups excluding carboxylic acids is 2. The van der Waals surface area contributed by atoms with Crippen LogP contribution in [0.15, 0.2) is 82.8 Å². The zero-order valence-electron chi connectivity index (χ0n) is 15.7. The summed E-state index contributed by atoms with van der Waals surface area (Å²) in [5, 5.41) is 2.72. The van der Waals surface area contributed by atoms with Crippen LogP contribution in [0.3, 0.4) is 0 Å². The third kappa shape index (κ3) is 3.75. The molecular weight excluding hydrogens is 384 g/mol. The number of benzene rings is 2. The Balaban J connectivity index is 1.81. The van der Waals surface area contributed by atoms with Gasteiger partial charge in [-0.15, -0.1) is 0 Å². The Bertz CT molecular complexity index is 1060. The molecule has 144 valence electrons. The van der Waals surface area contributed by atoms with Crippen molar-refractivity contribution < 1.29 is 14.0 Å². The number of hydrogen-bond acceptors (Lipinski definition) is 4. The van der Waals surface area contributed by atoms with Gasteiger partial charge in [-0.25, -0.2) is 0 Å². The minimum atomic E-state index is -0.537. The second-order valence-electron chi connectivity index (χ2n) is 6.66. The highest BCUT2D eigenvalue weighted by Crippen LogP contribution is 2.32. The zero-order valence-corrected chi connectivity index (χ0v) is 16.5. The van der Waals surface area contributed by atoms with Crippen molar-refractivity contribution in [2.75, 3.05) is 0 Å². The Morgan fingerprint density at radius 1 is 0.931 bits per heavy atom.